The highest BCUT2D eigenvalue weighted by atomic mass is 16.6. The van der Waals surface area contributed by atoms with Crippen molar-refractivity contribution in [2.24, 2.45) is 0 Å². The Morgan fingerprint density at radius 1 is 1.24 bits per heavy atom. The molecule has 2 atom stereocenters. The summed E-state index contributed by atoms with van der Waals surface area (Å²) in [5, 5.41) is 18.6. The van der Waals surface area contributed by atoms with Gasteiger partial charge in [0.05, 0.1) is 25.3 Å². The van der Waals surface area contributed by atoms with Crippen molar-refractivity contribution in [2.45, 2.75) is 18.8 Å². The molecule has 0 radical (unpaired) electrons. The highest BCUT2D eigenvalue weighted by Crippen LogP contribution is 2.12. The first-order valence-electron chi connectivity index (χ1n) is 5.48. The minimum atomic E-state index is -0.876. The van der Waals surface area contributed by atoms with Crippen molar-refractivity contribution < 1.29 is 19.7 Å². The molecule has 1 amide bonds. The van der Waals surface area contributed by atoms with E-state index >= 15 is 0 Å². The average Bonchev–Trinajstić information content (AvgIpc) is 2.68. The third kappa shape index (κ3) is 2.95. The van der Waals surface area contributed by atoms with Gasteiger partial charge in [-0.25, -0.2) is 4.79 Å². The first-order valence-corrected chi connectivity index (χ1v) is 5.48. The third-order valence-corrected chi connectivity index (χ3v) is 2.72. The van der Waals surface area contributed by atoms with Crippen molar-refractivity contribution in [2.75, 3.05) is 13.1 Å². The number of nitrogens with zero attached hydrogens (tertiary/aromatic N) is 1. The maximum atomic E-state index is 11.6. The van der Waals surface area contributed by atoms with Crippen LogP contribution < -0.4 is 0 Å². The molecule has 5 heteroatoms. The Labute approximate surface area is 99.2 Å². The molecule has 1 saturated heterocycles. The van der Waals surface area contributed by atoms with Gasteiger partial charge in [0.25, 0.3) is 0 Å². The molecule has 2 rings (SSSR count). The molecule has 1 aliphatic heterocycles. The van der Waals surface area contributed by atoms with Crippen LogP contribution in [0.4, 0.5) is 4.79 Å². The Morgan fingerprint density at radius 3 is 2.41 bits per heavy atom. The fourth-order valence-corrected chi connectivity index (χ4v) is 1.73. The Morgan fingerprint density at radius 2 is 1.82 bits per heavy atom. The maximum Gasteiger partial charge on any atom is 0.410 e. The van der Waals surface area contributed by atoms with Gasteiger partial charge in [0.1, 0.15) is 6.61 Å². The molecule has 0 bridgehead atoms. The van der Waals surface area contributed by atoms with Crippen molar-refractivity contribution in [1.82, 2.24) is 4.90 Å². The van der Waals surface area contributed by atoms with Crippen LogP contribution in [-0.4, -0.2) is 46.5 Å². The Balaban J connectivity index is 1.82. The first kappa shape index (κ1) is 11.9. The number of carbonyl (C=O) groups is 1. The molecule has 2 unspecified atom stereocenters. The molecule has 92 valence electrons. The lowest BCUT2D eigenvalue weighted by atomic mass is 10.2. The van der Waals surface area contributed by atoms with Crippen LogP contribution in [0.25, 0.3) is 0 Å². The molecule has 1 heterocycles. The third-order valence-electron chi connectivity index (χ3n) is 2.72. The van der Waals surface area contributed by atoms with Crippen molar-refractivity contribution in [3.8, 4) is 0 Å². The summed E-state index contributed by atoms with van der Waals surface area (Å²) in [6, 6.07) is 9.35. The number of hydrogen-bond acceptors (Lipinski definition) is 4. The second-order valence-corrected chi connectivity index (χ2v) is 4.08. The zero-order valence-corrected chi connectivity index (χ0v) is 9.32. The lowest BCUT2D eigenvalue weighted by molar-refractivity contribution is 0.0572. The standard InChI is InChI=1S/C12H15NO4/c14-10-6-13(7-11(10)15)12(16)17-8-9-4-2-1-3-5-9/h1-5,10-11,14-15H,6-8H2. The van der Waals surface area contributed by atoms with E-state index in [9.17, 15) is 15.0 Å². The number of carbonyl (C=O) groups excluding carboxylic acids is 1. The predicted octanol–water partition coefficient (Wildman–Crippen LogP) is 0.361. The van der Waals surface area contributed by atoms with Gasteiger partial charge >= 0.3 is 6.09 Å². The first-order chi connectivity index (χ1) is 8.16. The van der Waals surface area contributed by atoms with Gasteiger partial charge < -0.3 is 19.8 Å². The van der Waals surface area contributed by atoms with Crippen LogP contribution >= 0.6 is 0 Å². The largest absolute Gasteiger partial charge is 0.445 e. The van der Waals surface area contributed by atoms with E-state index in [0.29, 0.717) is 0 Å². The number of β-amino-alcohol motifs (C(OH)–C–C–N with tert-alkyl or cyclic N) is 2. The number of ether oxygens (including phenoxy) is 1. The number of hydrogen-bond donors (Lipinski definition) is 2. The van der Waals surface area contributed by atoms with Crippen LogP contribution in [0.15, 0.2) is 30.3 Å². The summed E-state index contributed by atoms with van der Waals surface area (Å²) < 4.78 is 5.07. The van der Waals surface area contributed by atoms with Gasteiger partial charge in [-0.2, -0.15) is 0 Å². The van der Waals surface area contributed by atoms with Gasteiger partial charge in [0.2, 0.25) is 0 Å². The number of likely N-dealkylation sites (tertiary alicyclic amines) is 1. The van der Waals surface area contributed by atoms with E-state index < -0.39 is 18.3 Å². The molecule has 0 saturated carbocycles. The highest BCUT2D eigenvalue weighted by Gasteiger charge is 2.33. The highest BCUT2D eigenvalue weighted by molar-refractivity contribution is 5.68. The summed E-state index contributed by atoms with van der Waals surface area (Å²) in [5.41, 5.74) is 0.904. The monoisotopic (exact) mass is 237 g/mol. The molecule has 1 aromatic carbocycles. The smallest absolute Gasteiger partial charge is 0.410 e. The Bertz CT molecular complexity index is 371. The minimum Gasteiger partial charge on any atom is -0.445 e. The van der Waals surface area contributed by atoms with Crippen LogP contribution in [0.2, 0.25) is 0 Å². The van der Waals surface area contributed by atoms with Crippen molar-refractivity contribution >= 4 is 6.09 Å². The van der Waals surface area contributed by atoms with Gasteiger partial charge in [0.15, 0.2) is 0 Å². The molecule has 17 heavy (non-hydrogen) atoms. The van der Waals surface area contributed by atoms with E-state index in [2.05, 4.69) is 0 Å². The lowest BCUT2D eigenvalue weighted by Gasteiger charge is -2.15. The quantitative estimate of drug-likeness (QED) is 0.779. The van der Waals surface area contributed by atoms with E-state index in [-0.39, 0.29) is 19.7 Å². The second kappa shape index (κ2) is 5.16. The van der Waals surface area contributed by atoms with Crippen molar-refractivity contribution in [3.05, 3.63) is 35.9 Å². The molecule has 1 aromatic rings. The second-order valence-electron chi connectivity index (χ2n) is 4.08. The molecule has 1 fully saturated rings. The van der Waals surface area contributed by atoms with E-state index in [1.54, 1.807) is 0 Å². The van der Waals surface area contributed by atoms with Crippen LogP contribution in [-0.2, 0) is 11.3 Å². The summed E-state index contributed by atoms with van der Waals surface area (Å²) in [7, 11) is 0. The summed E-state index contributed by atoms with van der Waals surface area (Å²) >= 11 is 0. The van der Waals surface area contributed by atoms with Crippen molar-refractivity contribution in [1.29, 1.82) is 0 Å². The lowest BCUT2D eigenvalue weighted by Crippen LogP contribution is -2.30. The fourth-order valence-electron chi connectivity index (χ4n) is 1.73. The topological polar surface area (TPSA) is 70.0 Å². The van der Waals surface area contributed by atoms with Gasteiger partial charge in [0, 0.05) is 0 Å². The molecule has 0 spiro atoms. The Kier molecular flexibility index (Phi) is 3.61. The van der Waals surface area contributed by atoms with E-state index in [0.717, 1.165) is 5.56 Å². The molecule has 0 aliphatic carbocycles. The number of aliphatic hydroxyl groups is 2. The van der Waals surface area contributed by atoms with Crippen LogP contribution in [0.5, 0.6) is 0 Å². The van der Waals surface area contributed by atoms with E-state index in [4.69, 9.17) is 4.74 Å². The van der Waals surface area contributed by atoms with E-state index in [1.807, 2.05) is 30.3 Å². The maximum absolute atomic E-state index is 11.6. The number of benzene rings is 1. The molecular formula is C12H15NO4. The molecule has 1 aliphatic rings. The average molecular weight is 237 g/mol. The zero-order chi connectivity index (χ0) is 12.3. The van der Waals surface area contributed by atoms with Crippen LogP contribution in [0.1, 0.15) is 5.56 Å². The van der Waals surface area contributed by atoms with Crippen molar-refractivity contribution in [3.63, 3.8) is 0 Å². The van der Waals surface area contributed by atoms with Gasteiger partial charge in [-0.15, -0.1) is 0 Å². The fraction of sp³-hybridized carbons (Fsp3) is 0.417. The summed E-state index contributed by atoms with van der Waals surface area (Å²) in [4.78, 5) is 12.9. The predicted molar refractivity (Wildman–Crippen MR) is 60.2 cm³/mol. The van der Waals surface area contributed by atoms with Crippen LogP contribution in [0, 0.1) is 0 Å². The Hall–Kier alpha value is -1.59. The number of rotatable bonds is 2. The van der Waals surface area contributed by atoms with Crippen LogP contribution in [0.3, 0.4) is 0 Å². The molecule has 2 N–H and O–H groups in total. The number of aliphatic hydroxyl groups excluding tert-OH is 2. The number of amides is 1. The van der Waals surface area contributed by atoms with E-state index in [1.165, 1.54) is 4.90 Å². The minimum absolute atomic E-state index is 0.120. The van der Waals surface area contributed by atoms with Gasteiger partial charge in [-0.05, 0) is 5.56 Å². The van der Waals surface area contributed by atoms with Gasteiger partial charge in [-0.3, -0.25) is 0 Å². The SMILES string of the molecule is O=C(OCc1ccccc1)N1CC(O)C(O)C1. The molecule has 5 nitrogen and oxygen atoms in total. The zero-order valence-electron chi connectivity index (χ0n) is 9.32. The normalized spacial score (nSPS) is 23.8. The molecular weight excluding hydrogens is 222 g/mol. The van der Waals surface area contributed by atoms with Gasteiger partial charge in [-0.1, -0.05) is 30.3 Å². The molecule has 0 aromatic heterocycles. The summed E-state index contributed by atoms with van der Waals surface area (Å²) in [6.45, 7) is 0.436. The summed E-state index contributed by atoms with van der Waals surface area (Å²) in [5.74, 6) is 0. The summed E-state index contributed by atoms with van der Waals surface area (Å²) in [6.07, 6.45) is -2.26.